The van der Waals surface area contributed by atoms with Crippen LogP contribution in [-0.2, 0) is 13.5 Å². The molecule has 24 heavy (non-hydrogen) atoms. The lowest BCUT2D eigenvalue weighted by Gasteiger charge is -2.27. The third kappa shape index (κ3) is 3.19. The van der Waals surface area contributed by atoms with E-state index in [1.165, 1.54) is 5.56 Å². The van der Waals surface area contributed by atoms with Crippen molar-refractivity contribution in [3.8, 4) is 0 Å². The summed E-state index contributed by atoms with van der Waals surface area (Å²) in [4.78, 5) is 14.0. The minimum atomic E-state index is -0.840. The molecule has 1 aromatic carbocycles. The number of aromatic carboxylic acids is 1. The summed E-state index contributed by atoms with van der Waals surface area (Å²) in [5, 5.41) is 14.0. The SMILES string of the molecule is Cc1c(C(=O)O)cc(C)c2c1c(CCCN1CCNCC1)cn2C. The molecule has 2 N–H and O–H groups in total. The number of hydrogen-bond donors (Lipinski definition) is 2. The maximum Gasteiger partial charge on any atom is 0.335 e. The van der Waals surface area contributed by atoms with Crippen molar-refractivity contribution in [2.45, 2.75) is 26.7 Å². The van der Waals surface area contributed by atoms with Gasteiger partial charge in [-0.3, -0.25) is 0 Å². The molecular formula is C19H27N3O2. The normalized spacial score (nSPS) is 16.0. The van der Waals surface area contributed by atoms with Crippen LogP contribution in [0.3, 0.4) is 0 Å². The van der Waals surface area contributed by atoms with Crippen molar-refractivity contribution in [3.05, 3.63) is 34.5 Å². The van der Waals surface area contributed by atoms with Gasteiger partial charge in [-0.2, -0.15) is 0 Å². The molecule has 1 aliphatic rings. The lowest BCUT2D eigenvalue weighted by molar-refractivity contribution is 0.0696. The summed E-state index contributed by atoms with van der Waals surface area (Å²) >= 11 is 0. The quantitative estimate of drug-likeness (QED) is 0.884. The second kappa shape index (κ2) is 6.95. The predicted molar refractivity (Wildman–Crippen MR) is 97.0 cm³/mol. The molecule has 0 unspecified atom stereocenters. The fourth-order valence-corrected chi connectivity index (χ4v) is 3.95. The third-order valence-electron chi connectivity index (χ3n) is 5.13. The van der Waals surface area contributed by atoms with E-state index in [1.54, 1.807) is 6.07 Å². The van der Waals surface area contributed by atoms with E-state index in [-0.39, 0.29) is 0 Å². The largest absolute Gasteiger partial charge is 0.478 e. The molecule has 3 rings (SSSR count). The van der Waals surface area contributed by atoms with Crippen molar-refractivity contribution in [1.29, 1.82) is 0 Å². The van der Waals surface area contributed by atoms with Crippen LogP contribution in [0.4, 0.5) is 0 Å². The molecule has 1 fully saturated rings. The Balaban J connectivity index is 1.86. The van der Waals surface area contributed by atoms with Crippen molar-refractivity contribution < 1.29 is 9.90 Å². The van der Waals surface area contributed by atoms with Gasteiger partial charge in [0.25, 0.3) is 0 Å². The summed E-state index contributed by atoms with van der Waals surface area (Å²) in [6.45, 7) is 9.44. The summed E-state index contributed by atoms with van der Waals surface area (Å²) in [6.07, 6.45) is 4.27. The lowest BCUT2D eigenvalue weighted by Crippen LogP contribution is -2.43. The molecule has 1 aliphatic heterocycles. The van der Waals surface area contributed by atoms with Crippen molar-refractivity contribution in [2.24, 2.45) is 7.05 Å². The first-order valence-electron chi connectivity index (χ1n) is 8.73. The maximum absolute atomic E-state index is 11.5. The van der Waals surface area contributed by atoms with Gasteiger partial charge in [-0.1, -0.05) is 0 Å². The van der Waals surface area contributed by atoms with Crippen molar-refractivity contribution in [1.82, 2.24) is 14.8 Å². The fraction of sp³-hybridized carbons (Fsp3) is 0.526. The molecule has 0 atom stereocenters. The highest BCUT2D eigenvalue weighted by molar-refractivity contribution is 5.99. The molecule has 130 valence electrons. The topological polar surface area (TPSA) is 57.5 Å². The maximum atomic E-state index is 11.5. The minimum absolute atomic E-state index is 0.426. The number of carboxylic acids is 1. The van der Waals surface area contributed by atoms with Gasteiger partial charge in [0.15, 0.2) is 0 Å². The molecule has 0 amide bonds. The minimum Gasteiger partial charge on any atom is -0.478 e. The summed E-state index contributed by atoms with van der Waals surface area (Å²) in [7, 11) is 2.05. The number of benzene rings is 1. The van der Waals surface area contributed by atoms with Crippen molar-refractivity contribution in [3.63, 3.8) is 0 Å². The number of carboxylic acid groups (broad SMARTS) is 1. The highest BCUT2D eigenvalue weighted by Crippen LogP contribution is 2.30. The van der Waals surface area contributed by atoms with Crippen LogP contribution < -0.4 is 5.32 Å². The Morgan fingerprint density at radius 3 is 2.67 bits per heavy atom. The molecule has 5 nitrogen and oxygen atoms in total. The summed E-state index contributed by atoms with van der Waals surface area (Å²) < 4.78 is 2.14. The molecule has 1 aromatic heterocycles. The first-order valence-corrected chi connectivity index (χ1v) is 8.73. The van der Waals surface area contributed by atoms with E-state index in [2.05, 4.69) is 28.0 Å². The molecule has 0 spiro atoms. The van der Waals surface area contributed by atoms with E-state index < -0.39 is 5.97 Å². The van der Waals surface area contributed by atoms with Crippen LogP contribution in [0.15, 0.2) is 12.3 Å². The highest BCUT2D eigenvalue weighted by Gasteiger charge is 2.18. The van der Waals surface area contributed by atoms with E-state index in [4.69, 9.17) is 0 Å². The molecule has 0 aliphatic carbocycles. The second-order valence-corrected chi connectivity index (χ2v) is 6.86. The van der Waals surface area contributed by atoms with E-state index in [1.807, 2.05) is 13.8 Å². The van der Waals surface area contributed by atoms with E-state index in [0.717, 1.165) is 67.6 Å². The van der Waals surface area contributed by atoms with Gasteiger partial charge in [0, 0.05) is 44.8 Å². The van der Waals surface area contributed by atoms with Crippen LogP contribution in [0.1, 0.15) is 33.5 Å². The smallest absolute Gasteiger partial charge is 0.335 e. The summed E-state index contributed by atoms with van der Waals surface area (Å²) in [6, 6.07) is 1.80. The fourth-order valence-electron chi connectivity index (χ4n) is 3.95. The third-order valence-corrected chi connectivity index (χ3v) is 5.13. The Morgan fingerprint density at radius 1 is 1.29 bits per heavy atom. The Labute approximate surface area is 143 Å². The van der Waals surface area contributed by atoms with Crippen LogP contribution >= 0.6 is 0 Å². The first-order chi connectivity index (χ1) is 11.5. The zero-order chi connectivity index (χ0) is 17.3. The number of nitrogens with zero attached hydrogens (tertiary/aromatic N) is 2. The zero-order valence-electron chi connectivity index (χ0n) is 14.9. The molecule has 5 heteroatoms. The van der Waals surface area contributed by atoms with Gasteiger partial charge in [-0.25, -0.2) is 4.79 Å². The Bertz CT molecular complexity index is 758. The van der Waals surface area contributed by atoms with Gasteiger partial charge in [0.2, 0.25) is 0 Å². The lowest BCUT2D eigenvalue weighted by atomic mass is 9.96. The molecule has 0 bridgehead atoms. The zero-order valence-corrected chi connectivity index (χ0v) is 14.9. The number of fused-ring (bicyclic) bond motifs is 1. The van der Waals surface area contributed by atoms with Gasteiger partial charge >= 0.3 is 5.97 Å². The van der Waals surface area contributed by atoms with E-state index in [0.29, 0.717) is 5.56 Å². The predicted octanol–water partition coefficient (Wildman–Crippen LogP) is 2.33. The number of carbonyl (C=O) groups is 1. The van der Waals surface area contributed by atoms with Gasteiger partial charge < -0.3 is 19.9 Å². The molecule has 0 radical (unpaired) electrons. The Hall–Kier alpha value is -1.85. The summed E-state index contributed by atoms with van der Waals surface area (Å²) in [5.74, 6) is -0.840. The van der Waals surface area contributed by atoms with Crippen molar-refractivity contribution in [2.75, 3.05) is 32.7 Å². The van der Waals surface area contributed by atoms with Crippen LogP contribution in [0.5, 0.6) is 0 Å². The van der Waals surface area contributed by atoms with Crippen LogP contribution in [0.2, 0.25) is 0 Å². The monoisotopic (exact) mass is 329 g/mol. The van der Waals surface area contributed by atoms with Gasteiger partial charge in [0.05, 0.1) is 11.1 Å². The molecule has 0 saturated carbocycles. The van der Waals surface area contributed by atoms with Gasteiger partial charge in [-0.15, -0.1) is 0 Å². The second-order valence-electron chi connectivity index (χ2n) is 6.86. The molecule has 2 aromatic rings. The Morgan fingerprint density at radius 2 is 2.00 bits per heavy atom. The standard InChI is InChI=1S/C19H27N3O2/c1-13-11-16(19(23)24)14(2)17-15(12-21(3)18(13)17)5-4-8-22-9-6-20-7-10-22/h11-12,20H,4-10H2,1-3H3,(H,23,24). The first kappa shape index (κ1) is 17.0. The average molecular weight is 329 g/mol. The highest BCUT2D eigenvalue weighted by atomic mass is 16.4. The average Bonchev–Trinajstić information content (AvgIpc) is 2.89. The number of aromatic nitrogens is 1. The Kier molecular flexibility index (Phi) is 4.92. The summed E-state index contributed by atoms with van der Waals surface area (Å²) in [5.41, 5.74) is 4.78. The number of aryl methyl sites for hydroxylation is 4. The molecular weight excluding hydrogens is 302 g/mol. The van der Waals surface area contributed by atoms with Crippen LogP contribution in [-0.4, -0.2) is 53.3 Å². The van der Waals surface area contributed by atoms with Gasteiger partial charge in [-0.05, 0) is 56.0 Å². The van der Waals surface area contributed by atoms with Gasteiger partial charge in [0.1, 0.15) is 0 Å². The molecule has 2 heterocycles. The van der Waals surface area contributed by atoms with E-state index in [9.17, 15) is 9.90 Å². The number of hydrogen-bond acceptors (Lipinski definition) is 3. The number of piperazine rings is 1. The van der Waals surface area contributed by atoms with Crippen LogP contribution in [0.25, 0.3) is 10.9 Å². The number of nitrogens with one attached hydrogen (secondary N) is 1. The van der Waals surface area contributed by atoms with E-state index >= 15 is 0 Å². The van der Waals surface area contributed by atoms with Crippen LogP contribution in [0, 0.1) is 13.8 Å². The molecule has 1 saturated heterocycles. The number of rotatable bonds is 5. The van der Waals surface area contributed by atoms with Crippen molar-refractivity contribution >= 4 is 16.9 Å².